The number of hydrogen-bond donors (Lipinski definition) is 0. The van der Waals surface area contributed by atoms with Gasteiger partial charge in [-0.1, -0.05) is 35.3 Å². The number of hydrogen-bond acceptors (Lipinski definition) is 2. The third-order valence-corrected chi connectivity index (χ3v) is 3.99. The van der Waals surface area contributed by atoms with Crippen molar-refractivity contribution in [3.05, 3.63) is 74.5 Å². The molecule has 110 valence electrons. The number of pyridine rings is 1. The highest BCUT2D eigenvalue weighted by Crippen LogP contribution is 2.25. The Hall–Kier alpha value is -2.10. The predicted molar refractivity (Wildman–Crippen MR) is 92.8 cm³/mol. The maximum atomic E-state index is 12.5. The summed E-state index contributed by atoms with van der Waals surface area (Å²) in [5, 5.41) is 1.72. The molecule has 0 unspecified atom stereocenters. The van der Waals surface area contributed by atoms with Gasteiger partial charge in [0, 0.05) is 22.2 Å². The smallest absolute Gasteiger partial charge is 0.194 e. The van der Waals surface area contributed by atoms with Crippen molar-refractivity contribution in [1.29, 1.82) is 0 Å². The van der Waals surface area contributed by atoms with Crippen LogP contribution in [0.15, 0.2) is 58.4 Å². The van der Waals surface area contributed by atoms with E-state index in [0.717, 1.165) is 5.69 Å². The van der Waals surface area contributed by atoms with Crippen LogP contribution in [-0.2, 0) is 6.54 Å². The second-order valence-electron chi connectivity index (χ2n) is 4.85. The summed E-state index contributed by atoms with van der Waals surface area (Å²) in [7, 11) is 0. The Bertz CT molecular complexity index is 932. The summed E-state index contributed by atoms with van der Waals surface area (Å²) in [6.45, 7) is 3.72. The molecule has 0 bridgehead atoms. The van der Waals surface area contributed by atoms with Gasteiger partial charge in [-0.25, -0.2) is 0 Å². The molecule has 0 fully saturated rings. The summed E-state index contributed by atoms with van der Waals surface area (Å²) in [4.78, 5) is 16.3. The molecule has 0 aliphatic carbocycles. The Kier molecular flexibility index (Phi) is 4.01. The summed E-state index contributed by atoms with van der Waals surface area (Å²) in [6, 6.07) is 12.6. The van der Waals surface area contributed by atoms with Crippen molar-refractivity contribution in [2.45, 2.75) is 6.54 Å². The summed E-state index contributed by atoms with van der Waals surface area (Å²) in [5.41, 5.74) is 1.98. The molecule has 3 rings (SSSR count). The molecule has 0 aliphatic rings. The van der Waals surface area contributed by atoms with Crippen molar-refractivity contribution in [2.24, 2.45) is 4.99 Å². The van der Waals surface area contributed by atoms with Gasteiger partial charge >= 0.3 is 0 Å². The lowest BCUT2D eigenvalue weighted by molar-refractivity contribution is 1.00. The number of rotatable bonds is 3. The van der Waals surface area contributed by atoms with Crippen LogP contribution in [0.3, 0.4) is 0 Å². The zero-order valence-corrected chi connectivity index (χ0v) is 13.1. The summed E-state index contributed by atoms with van der Waals surface area (Å²) < 4.78 is 1.87. The van der Waals surface area contributed by atoms with Gasteiger partial charge < -0.3 is 4.57 Å². The Morgan fingerprint density at radius 1 is 1.14 bits per heavy atom. The van der Waals surface area contributed by atoms with Crippen molar-refractivity contribution in [3.8, 4) is 5.69 Å². The van der Waals surface area contributed by atoms with Crippen LogP contribution in [0.25, 0.3) is 16.6 Å². The van der Waals surface area contributed by atoms with Crippen molar-refractivity contribution < 1.29 is 0 Å². The van der Waals surface area contributed by atoms with Gasteiger partial charge in [-0.3, -0.25) is 9.79 Å². The number of halogens is 2. The van der Waals surface area contributed by atoms with Gasteiger partial charge in [-0.15, -0.1) is 0 Å². The first kappa shape index (κ1) is 14.8. The fraction of sp³-hybridized carbons (Fsp3) is 0.0588. The minimum atomic E-state index is -0.0672. The average Bonchev–Trinajstić information content (AvgIpc) is 2.51. The van der Waals surface area contributed by atoms with E-state index in [4.69, 9.17) is 23.2 Å². The number of aromatic nitrogens is 1. The Morgan fingerprint density at radius 3 is 2.64 bits per heavy atom. The van der Waals surface area contributed by atoms with Crippen molar-refractivity contribution in [3.63, 3.8) is 0 Å². The normalized spacial score (nSPS) is 10.8. The Balaban J connectivity index is 2.44. The van der Waals surface area contributed by atoms with Gasteiger partial charge in [0.15, 0.2) is 5.43 Å². The van der Waals surface area contributed by atoms with Crippen LogP contribution in [0.1, 0.15) is 5.56 Å². The van der Waals surface area contributed by atoms with Crippen LogP contribution in [0.4, 0.5) is 0 Å². The van der Waals surface area contributed by atoms with Gasteiger partial charge in [0.05, 0.1) is 22.8 Å². The standard InChI is InChI=1S/C17H12Cl2N2O/c1-20-9-11-10-21(15-5-3-2-4-14(15)19)16-8-12(18)6-7-13(16)17(11)22/h2-8,10H,1,9H2. The van der Waals surface area contributed by atoms with E-state index in [0.29, 0.717) is 26.5 Å². The molecular weight excluding hydrogens is 319 g/mol. The Morgan fingerprint density at radius 2 is 1.91 bits per heavy atom. The van der Waals surface area contributed by atoms with E-state index in [9.17, 15) is 4.79 Å². The second-order valence-corrected chi connectivity index (χ2v) is 5.69. The molecule has 3 nitrogen and oxygen atoms in total. The second kappa shape index (κ2) is 5.95. The maximum Gasteiger partial charge on any atom is 0.194 e. The van der Waals surface area contributed by atoms with Crippen molar-refractivity contribution in [2.75, 3.05) is 0 Å². The van der Waals surface area contributed by atoms with Crippen LogP contribution < -0.4 is 5.43 Å². The molecule has 0 N–H and O–H groups in total. The largest absolute Gasteiger partial charge is 0.314 e. The third-order valence-electron chi connectivity index (χ3n) is 3.43. The third kappa shape index (κ3) is 2.54. The van der Waals surface area contributed by atoms with E-state index in [2.05, 4.69) is 11.7 Å². The SMILES string of the molecule is C=NCc1cn(-c2ccccc2Cl)c2cc(Cl)ccc2c1=O. The molecule has 0 saturated heterocycles. The van der Waals surface area contributed by atoms with Crippen LogP contribution in [0.2, 0.25) is 10.0 Å². The van der Waals surface area contributed by atoms with Crippen LogP contribution in [0.5, 0.6) is 0 Å². The van der Waals surface area contributed by atoms with Gasteiger partial charge in [0.25, 0.3) is 0 Å². The summed E-state index contributed by atoms with van der Waals surface area (Å²) in [5.74, 6) is 0. The van der Waals surface area contributed by atoms with E-state index in [1.165, 1.54) is 0 Å². The van der Waals surface area contributed by atoms with Gasteiger partial charge in [-0.2, -0.15) is 0 Å². The zero-order valence-electron chi connectivity index (χ0n) is 11.6. The fourth-order valence-corrected chi connectivity index (χ4v) is 2.83. The molecule has 3 aromatic rings. The van der Waals surface area contributed by atoms with E-state index in [-0.39, 0.29) is 12.0 Å². The lowest BCUT2D eigenvalue weighted by atomic mass is 10.1. The average molecular weight is 331 g/mol. The molecule has 0 aliphatic heterocycles. The molecule has 0 spiro atoms. The first-order chi connectivity index (χ1) is 10.6. The highest BCUT2D eigenvalue weighted by molar-refractivity contribution is 6.32. The highest BCUT2D eigenvalue weighted by Gasteiger charge is 2.12. The molecule has 0 atom stereocenters. The first-order valence-electron chi connectivity index (χ1n) is 6.63. The monoisotopic (exact) mass is 330 g/mol. The predicted octanol–water partition coefficient (Wildman–Crippen LogP) is 4.50. The lowest BCUT2D eigenvalue weighted by Gasteiger charge is -2.14. The summed E-state index contributed by atoms with van der Waals surface area (Å²) in [6.07, 6.45) is 1.75. The molecule has 0 amide bonds. The van der Waals surface area contributed by atoms with E-state index in [1.807, 2.05) is 22.8 Å². The molecule has 1 aromatic heterocycles. The number of nitrogens with zero attached hydrogens (tertiary/aromatic N) is 2. The minimum Gasteiger partial charge on any atom is -0.314 e. The Labute approximate surface area is 137 Å². The number of aliphatic imine (C=N–C) groups is 1. The number of para-hydroxylation sites is 1. The van der Waals surface area contributed by atoms with Crippen molar-refractivity contribution in [1.82, 2.24) is 4.57 Å². The fourth-order valence-electron chi connectivity index (χ4n) is 2.43. The lowest BCUT2D eigenvalue weighted by Crippen LogP contribution is -2.14. The molecule has 2 aromatic carbocycles. The van der Waals surface area contributed by atoms with Gasteiger partial charge in [-0.05, 0) is 37.0 Å². The number of fused-ring (bicyclic) bond motifs is 1. The molecule has 22 heavy (non-hydrogen) atoms. The molecule has 1 heterocycles. The maximum absolute atomic E-state index is 12.5. The molecule has 5 heteroatoms. The van der Waals surface area contributed by atoms with Crippen LogP contribution in [0, 0.1) is 0 Å². The van der Waals surface area contributed by atoms with Gasteiger partial charge in [0.2, 0.25) is 0 Å². The quantitative estimate of drug-likeness (QED) is 0.651. The van der Waals surface area contributed by atoms with E-state index < -0.39 is 0 Å². The van der Waals surface area contributed by atoms with Gasteiger partial charge in [0.1, 0.15) is 0 Å². The van der Waals surface area contributed by atoms with Crippen LogP contribution >= 0.6 is 23.2 Å². The zero-order chi connectivity index (χ0) is 15.7. The first-order valence-corrected chi connectivity index (χ1v) is 7.38. The van der Waals surface area contributed by atoms with E-state index >= 15 is 0 Å². The molecular formula is C17H12Cl2N2O. The van der Waals surface area contributed by atoms with Crippen LogP contribution in [-0.4, -0.2) is 11.3 Å². The number of benzene rings is 2. The molecule has 0 saturated carbocycles. The molecule has 0 radical (unpaired) electrons. The van der Waals surface area contributed by atoms with E-state index in [1.54, 1.807) is 30.5 Å². The van der Waals surface area contributed by atoms with Crippen molar-refractivity contribution >= 4 is 40.8 Å². The summed E-state index contributed by atoms with van der Waals surface area (Å²) >= 11 is 12.4. The highest BCUT2D eigenvalue weighted by atomic mass is 35.5. The minimum absolute atomic E-state index is 0.0672. The topological polar surface area (TPSA) is 34.4 Å².